The zero-order chi connectivity index (χ0) is 14.1. The van der Waals surface area contributed by atoms with E-state index in [2.05, 4.69) is 11.1 Å². The number of halogens is 1. The van der Waals surface area contributed by atoms with Gasteiger partial charge >= 0.3 is 0 Å². The van der Waals surface area contributed by atoms with Crippen molar-refractivity contribution >= 4 is 23.2 Å². The van der Waals surface area contributed by atoms with Gasteiger partial charge in [-0.2, -0.15) is 0 Å². The van der Waals surface area contributed by atoms with Crippen molar-refractivity contribution in [2.75, 3.05) is 12.3 Å². The van der Waals surface area contributed by atoms with Crippen molar-refractivity contribution in [1.82, 2.24) is 9.88 Å². The number of hydrogen-bond donors (Lipinski definition) is 1. The fourth-order valence-electron chi connectivity index (χ4n) is 2.45. The molecule has 1 aromatic carbocycles. The number of hydrogen-bond acceptors (Lipinski definition) is 3. The van der Waals surface area contributed by atoms with E-state index in [9.17, 15) is 4.79 Å². The maximum atomic E-state index is 12.5. The largest absolute Gasteiger partial charge is 0.397 e. The van der Waals surface area contributed by atoms with E-state index in [-0.39, 0.29) is 11.1 Å². The quantitative estimate of drug-likeness (QED) is 0.820. The molecule has 0 bridgehead atoms. The van der Waals surface area contributed by atoms with E-state index in [1.54, 1.807) is 11.0 Å². The second-order valence-corrected chi connectivity index (χ2v) is 5.21. The fourth-order valence-corrected chi connectivity index (χ4v) is 2.64. The molecule has 1 aromatic heterocycles. The van der Waals surface area contributed by atoms with E-state index < -0.39 is 0 Å². The number of amides is 1. The van der Waals surface area contributed by atoms with Gasteiger partial charge in [-0.05, 0) is 23.6 Å². The zero-order valence-corrected chi connectivity index (χ0v) is 11.6. The third kappa shape index (κ3) is 2.34. The Morgan fingerprint density at radius 1 is 1.30 bits per heavy atom. The Balaban J connectivity index is 1.88. The van der Waals surface area contributed by atoms with Crippen LogP contribution in [-0.2, 0) is 13.0 Å². The summed E-state index contributed by atoms with van der Waals surface area (Å²) in [6.07, 6.45) is 2.31. The molecular weight excluding hydrogens is 274 g/mol. The molecule has 20 heavy (non-hydrogen) atoms. The van der Waals surface area contributed by atoms with Crippen molar-refractivity contribution < 1.29 is 4.79 Å². The number of aromatic nitrogens is 1. The molecule has 0 unspecified atom stereocenters. The number of carbonyl (C=O) groups excluding carboxylic acids is 1. The first kappa shape index (κ1) is 12.9. The Morgan fingerprint density at radius 3 is 2.85 bits per heavy atom. The van der Waals surface area contributed by atoms with E-state index >= 15 is 0 Å². The van der Waals surface area contributed by atoms with Gasteiger partial charge in [0.1, 0.15) is 5.15 Å². The number of carbonyl (C=O) groups is 1. The van der Waals surface area contributed by atoms with Crippen LogP contribution in [0.25, 0.3) is 0 Å². The summed E-state index contributed by atoms with van der Waals surface area (Å²) in [5.74, 6) is -0.121. The van der Waals surface area contributed by atoms with Crippen LogP contribution in [0.1, 0.15) is 21.5 Å². The number of benzene rings is 1. The van der Waals surface area contributed by atoms with E-state index in [0.717, 1.165) is 6.42 Å². The van der Waals surface area contributed by atoms with Crippen LogP contribution in [-0.4, -0.2) is 22.3 Å². The van der Waals surface area contributed by atoms with Crippen molar-refractivity contribution in [2.45, 2.75) is 13.0 Å². The molecule has 0 aliphatic carbocycles. The molecule has 0 saturated heterocycles. The Kier molecular flexibility index (Phi) is 3.32. The lowest BCUT2D eigenvalue weighted by Gasteiger charge is -2.29. The van der Waals surface area contributed by atoms with E-state index in [0.29, 0.717) is 24.3 Å². The number of fused-ring (bicyclic) bond motifs is 1. The summed E-state index contributed by atoms with van der Waals surface area (Å²) in [5.41, 5.74) is 8.97. The second-order valence-electron chi connectivity index (χ2n) is 4.85. The summed E-state index contributed by atoms with van der Waals surface area (Å²) in [5, 5.41) is 0.197. The Bertz CT molecular complexity index is 672. The van der Waals surface area contributed by atoms with Gasteiger partial charge in [0.05, 0.1) is 17.4 Å². The summed E-state index contributed by atoms with van der Waals surface area (Å²) in [7, 11) is 0. The van der Waals surface area contributed by atoms with Crippen LogP contribution < -0.4 is 5.73 Å². The molecule has 3 rings (SSSR count). The minimum atomic E-state index is -0.121. The third-order valence-electron chi connectivity index (χ3n) is 3.51. The van der Waals surface area contributed by atoms with Crippen LogP contribution in [0.3, 0.4) is 0 Å². The minimum Gasteiger partial charge on any atom is -0.397 e. The summed E-state index contributed by atoms with van der Waals surface area (Å²) in [6.45, 7) is 1.28. The Morgan fingerprint density at radius 2 is 2.05 bits per heavy atom. The SMILES string of the molecule is Nc1cnc(Cl)c(C(=O)N2CCc3ccccc3C2)c1. The number of rotatable bonds is 1. The molecule has 4 nitrogen and oxygen atoms in total. The summed E-state index contributed by atoms with van der Waals surface area (Å²) in [4.78, 5) is 18.2. The molecular formula is C15H14ClN3O. The first-order valence-electron chi connectivity index (χ1n) is 6.42. The van der Waals surface area contributed by atoms with Gasteiger partial charge in [0.15, 0.2) is 0 Å². The van der Waals surface area contributed by atoms with Gasteiger partial charge in [-0.3, -0.25) is 4.79 Å². The predicted octanol–water partition coefficient (Wildman–Crippen LogP) is 2.52. The van der Waals surface area contributed by atoms with Crippen LogP contribution in [0.5, 0.6) is 0 Å². The van der Waals surface area contributed by atoms with Gasteiger partial charge < -0.3 is 10.6 Å². The smallest absolute Gasteiger partial charge is 0.257 e. The average molecular weight is 288 g/mol. The van der Waals surface area contributed by atoms with Gasteiger partial charge in [-0.1, -0.05) is 35.9 Å². The minimum absolute atomic E-state index is 0.121. The molecule has 5 heteroatoms. The van der Waals surface area contributed by atoms with Crippen molar-refractivity contribution in [3.05, 3.63) is 58.4 Å². The lowest BCUT2D eigenvalue weighted by Crippen LogP contribution is -2.36. The van der Waals surface area contributed by atoms with Gasteiger partial charge in [0.25, 0.3) is 5.91 Å². The molecule has 1 amide bonds. The molecule has 1 aliphatic heterocycles. The van der Waals surface area contributed by atoms with Crippen LogP contribution in [0.2, 0.25) is 5.15 Å². The number of nitrogens with two attached hydrogens (primary N) is 1. The highest BCUT2D eigenvalue weighted by Crippen LogP contribution is 2.23. The van der Waals surface area contributed by atoms with Crippen LogP contribution >= 0.6 is 11.6 Å². The number of anilines is 1. The first-order chi connectivity index (χ1) is 9.65. The lowest BCUT2D eigenvalue weighted by atomic mass is 9.99. The maximum absolute atomic E-state index is 12.5. The predicted molar refractivity (Wildman–Crippen MR) is 78.5 cm³/mol. The molecule has 1 aliphatic rings. The van der Waals surface area contributed by atoms with Crippen LogP contribution in [0.15, 0.2) is 36.5 Å². The molecule has 102 valence electrons. The third-order valence-corrected chi connectivity index (χ3v) is 3.81. The highest BCUT2D eigenvalue weighted by atomic mass is 35.5. The van der Waals surface area contributed by atoms with Crippen LogP contribution in [0, 0.1) is 0 Å². The molecule has 0 fully saturated rings. The average Bonchev–Trinajstić information content (AvgIpc) is 2.48. The summed E-state index contributed by atoms with van der Waals surface area (Å²) < 4.78 is 0. The lowest BCUT2D eigenvalue weighted by molar-refractivity contribution is 0.0734. The number of nitrogens with zero attached hydrogens (tertiary/aromatic N) is 2. The van der Waals surface area contributed by atoms with Gasteiger partial charge in [0.2, 0.25) is 0 Å². The second kappa shape index (κ2) is 5.13. The summed E-state index contributed by atoms with van der Waals surface area (Å²) >= 11 is 6.00. The highest BCUT2D eigenvalue weighted by Gasteiger charge is 2.23. The molecule has 2 heterocycles. The normalized spacial score (nSPS) is 13.9. The van der Waals surface area contributed by atoms with Crippen molar-refractivity contribution in [3.8, 4) is 0 Å². The number of nitrogen functional groups attached to an aromatic ring is 1. The highest BCUT2D eigenvalue weighted by molar-refractivity contribution is 6.32. The molecule has 0 atom stereocenters. The Hall–Kier alpha value is -2.07. The first-order valence-corrected chi connectivity index (χ1v) is 6.80. The maximum Gasteiger partial charge on any atom is 0.257 e. The molecule has 0 spiro atoms. The summed E-state index contributed by atoms with van der Waals surface area (Å²) in [6, 6.07) is 9.75. The van der Waals surface area contributed by atoms with Crippen molar-refractivity contribution in [3.63, 3.8) is 0 Å². The molecule has 0 radical (unpaired) electrons. The standard InChI is InChI=1S/C15H14ClN3O/c16-14-13(7-12(17)8-18-14)15(20)19-6-5-10-3-1-2-4-11(10)9-19/h1-4,7-8H,5-6,9,17H2. The van der Waals surface area contributed by atoms with Crippen molar-refractivity contribution in [1.29, 1.82) is 0 Å². The topological polar surface area (TPSA) is 59.2 Å². The van der Waals surface area contributed by atoms with Crippen LogP contribution in [0.4, 0.5) is 5.69 Å². The fraction of sp³-hybridized carbons (Fsp3) is 0.200. The molecule has 2 N–H and O–H groups in total. The zero-order valence-electron chi connectivity index (χ0n) is 10.8. The molecule has 2 aromatic rings. The van der Waals surface area contributed by atoms with Gasteiger partial charge in [-0.25, -0.2) is 4.98 Å². The number of pyridine rings is 1. The Labute approximate surface area is 122 Å². The molecule has 0 saturated carbocycles. The monoisotopic (exact) mass is 287 g/mol. The van der Waals surface area contributed by atoms with E-state index in [1.165, 1.54) is 17.3 Å². The van der Waals surface area contributed by atoms with E-state index in [4.69, 9.17) is 17.3 Å². The van der Waals surface area contributed by atoms with Gasteiger partial charge in [0, 0.05) is 13.1 Å². The van der Waals surface area contributed by atoms with Gasteiger partial charge in [-0.15, -0.1) is 0 Å². The van der Waals surface area contributed by atoms with Crippen molar-refractivity contribution in [2.24, 2.45) is 0 Å². The van der Waals surface area contributed by atoms with E-state index in [1.807, 2.05) is 18.2 Å².